The van der Waals surface area contributed by atoms with Crippen LogP contribution in [0.4, 0.5) is 0 Å². The molecule has 3 aliphatic heterocycles. The maximum Gasteiger partial charge on any atom is 0.237 e. The minimum Gasteiger partial charge on any atom is -0.368 e. The van der Waals surface area contributed by atoms with E-state index in [-0.39, 0.29) is 11.7 Å². The van der Waals surface area contributed by atoms with E-state index in [4.69, 9.17) is 5.73 Å². The summed E-state index contributed by atoms with van der Waals surface area (Å²) < 4.78 is 26.6. The lowest BCUT2D eigenvalue weighted by molar-refractivity contribution is -0.130. The summed E-state index contributed by atoms with van der Waals surface area (Å²) in [6.07, 6.45) is 6.17. The van der Waals surface area contributed by atoms with Gasteiger partial charge in [-0.2, -0.15) is 4.31 Å². The molecule has 137 valence electrons. The first kappa shape index (κ1) is 18.1. The van der Waals surface area contributed by atoms with Gasteiger partial charge < -0.3 is 10.6 Å². The molecule has 3 saturated heterocycles. The van der Waals surface area contributed by atoms with E-state index in [1.807, 2.05) is 7.05 Å². The molecule has 24 heavy (non-hydrogen) atoms. The molecule has 3 rings (SSSR count). The lowest BCUT2D eigenvalue weighted by Gasteiger charge is -2.42. The fourth-order valence-corrected chi connectivity index (χ4v) is 5.88. The number of nitrogens with zero attached hydrogens (tertiary/aromatic N) is 3. The number of fused-ring (bicyclic) bond motifs is 2. The zero-order valence-electron chi connectivity index (χ0n) is 14.5. The summed E-state index contributed by atoms with van der Waals surface area (Å²) in [6.45, 7) is 3.35. The average molecular weight is 358 g/mol. The third-order valence-electron chi connectivity index (χ3n) is 5.92. The van der Waals surface area contributed by atoms with Crippen molar-refractivity contribution in [3.8, 4) is 0 Å². The summed E-state index contributed by atoms with van der Waals surface area (Å²) in [4.78, 5) is 16.3. The second-order valence-corrected chi connectivity index (χ2v) is 9.47. The molecule has 2 atom stereocenters. The normalized spacial score (nSPS) is 33.0. The molecule has 1 amide bonds. The number of amides is 1. The molecule has 8 heteroatoms. The topological polar surface area (TPSA) is 87.0 Å². The van der Waals surface area contributed by atoms with Crippen LogP contribution in [-0.4, -0.2) is 85.5 Å². The number of piperidine rings is 1. The van der Waals surface area contributed by atoms with Crippen LogP contribution in [0.25, 0.3) is 0 Å². The van der Waals surface area contributed by atoms with Crippen LogP contribution in [-0.2, 0) is 14.8 Å². The third-order valence-corrected chi connectivity index (χ3v) is 7.87. The smallest absolute Gasteiger partial charge is 0.237 e. The maximum atomic E-state index is 12.5. The van der Waals surface area contributed by atoms with Crippen LogP contribution in [0, 0.1) is 6.42 Å². The number of rotatable bonds is 6. The fourth-order valence-electron chi connectivity index (χ4n) is 4.41. The highest BCUT2D eigenvalue weighted by atomic mass is 32.2. The fraction of sp³-hybridized carbons (Fsp3) is 0.875. The van der Waals surface area contributed by atoms with E-state index in [0.717, 1.165) is 32.4 Å². The number of sulfonamides is 1. The van der Waals surface area contributed by atoms with Gasteiger partial charge in [-0.05, 0) is 45.6 Å². The molecule has 7 nitrogen and oxygen atoms in total. The summed E-state index contributed by atoms with van der Waals surface area (Å²) in [5, 5.41) is 0. The highest BCUT2D eigenvalue weighted by molar-refractivity contribution is 7.89. The maximum absolute atomic E-state index is 12.5. The van der Waals surface area contributed by atoms with Gasteiger partial charge in [-0.25, -0.2) is 8.42 Å². The van der Waals surface area contributed by atoms with Crippen molar-refractivity contribution in [1.29, 1.82) is 0 Å². The second-order valence-electron chi connectivity index (χ2n) is 7.38. The Hall–Kier alpha value is -0.700. The van der Waals surface area contributed by atoms with E-state index in [1.165, 1.54) is 0 Å². The summed E-state index contributed by atoms with van der Waals surface area (Å²) in [5.74, 6) is -0.110. The number of primary amides is 1. The standard InChI is InChI=1S/C16H29N4O3S/c1-18-9-11-19(12-10-18)24(22,23)13-3-8-20-14-4-2-6-16(20,7-5-14)15(17)21/h2,14H,3-13H2,1H3,(H2,17,21)/t14-,16+/m1/s1. The molecule has 0 aromatic carbocycles. The van der Waals surface area contributed by atoms with E-state index in [9.17, 15) is 13.2 Å². The van der Waals surface area contributed by atoms with Gasteiger partial charge in [0.15, 0.2) is 0 Å². The minimum atomic E-state index is -3.21. The number of hydrogen-bond acceptors (Lipinski definition) is 5. The lowest BCUT2D eigenvalue weighted by Crippen LogP contribution is -2.58. The molecular formula is C16H29N4O3S. The van der Waals surface area contributed by atoms with Crippen LogP contribution in [0.5, 0.6) is 0 Å². The zero-order chi connectivity index (χ0) is 17.4. The number of piperazine rings is 1. The monoisotopic (exact) mass is 357 g/mol. The highest BCUT2D eigenvalue weighted by Crippen LogP contribution is 2.43. The number of nitrogens with two attached hydrogens (primary N) is 1. The van der Waals surface area contributed by atoms with Crippen molar-refractivity contribution < 1.29 is 13.2 Å². The van der Waals surface area contributed by atoms with Gasteiger partial charge in [0.25, 0.3) is 0 Å². The summed E-state index contributed by atoms with van der Waals surface area (Å²) in [5.41, 5.74) is 5.12. The Morgan fingerprint density at radius 3 is 2.67 bits per heavy atom. The second kappa shape index (κ2) is 6.90. The third kappa shape index (κ3) is 3.34. The summed E-state index contributed by atoms with van der Waals surface area (Å²) in [6, 6.07) is 0.345. The van der Waals surface area contributed by atoms with Gasteiger partial charge in [0.1, 0.15) is 5.54 Å². The van der Waals surface area contributed by atoms with Crippen molar-refractivity contribution >= 4 is 15.9 Å². The Morgan fingerprint density at radius 2 is 2.00 bits per heavy atom. The summed E-state index contributed by atoms with van der Waals surface area (Å²) in [7, 11) is -1.20. The molecule has 3 heterocycles. The summed E-state index contributed by atoms with van der Waals surface area (Å²) >= 11 is 0. The SMILES string of the molecule is CN1CCN(S(=O)(=O)CCCN2[C@@H]3C[CH]C[C@@]2(C(N)=O)CC3)CC1. The molecule has 2 N–H and O–H groups in total. The first-order chi connectivity index (χ1) is 11.3. The van der Waals surface area contributed by atoms with Crippen molar-refractivity contribution in [1.82, 2.24) is 14.1 Å². The first-order valence-corrected chi connectivity index (χ1v) is 10.5. The lowest BCUT2D eigenvalue weighted by atomic mass is 9.87. The number of likely N-dealkylation sites (N-methyl/N-ethyl adjacent to an activating group) is 1. The van der Waals surface area contributed by atoms with Gasteiger partial charge >= 0.3 is 0 Å². The van der Waals surface area contributed by atoms with Crippen LogP contribution in [0.1, 0.15) is 32.1 Å². The number of carbonyl (C=O) groups excluding carboxylic acids is 1. The van der Waals surface area contributed by atoms with Crippen molar-refractivity contribution in [2.45, 2.75) is 43.7 Å². The molecular weight excluding hydrogens is 328 g/mol. The van der Waals surface area contributed by atoms with Crippen LogP contribution >= 0.6 is 0 Å². The molecule has 1 radical (unpaired) electrons. The molecule has 3 fully saturated rings. The van der Waals surface area contributed by atoms with Crippen LogP contribution in [0.15, 0.2) is 0 Å². The molecule has 3 aliphatic rings. The Balaban J connectivity index is 1.57. The molecule has 0 unspecified atom stereocenters. The van der Waals surface area contributed by atoms with Crippen LogP contribution in [0.3, 0.4) is 0 Å². The van der Waals surface area contributed by atoms with Gasteiger partial charge in [-0.3, -0.25) is 9.69 Å². The van der Waals surface area contributed by atoms with Gasteiger partial charge in [-0.15, -0.1) is 0 Å². The van der Waals surface area contributed by atoms with Crippen molar-refractivity contribution in [2.75, 3.05) is 45.5 Å². The molecule has 0 saturated carbocycles. The molecule has 2 bridgehead atoms. The first-order valence-electron chi connectivity index (χ1n) is 8.90. The van der Waals surface area contributed by atoms with Gasteiger partial charge in [0, 0.05) is 38.8 Å². The highest BCUT2D eigenvalue weighted by Gasteiger charge is 2.52. The zero-order valence-corrected chi connectivity index (χ0v) is 15.3. The van der Waals surface area contributed by atoms with E-state index in [2.05, 4.69) is 16.2 Å². The molecule has 0 aromatic heterocycles. The molecule has 0 aromatic rings. The van der Waals surface area contributed by atoms with Crippen molar-refractivity contribution in [3.63, 3.8) is 0 Å². The predicted octanol–water partition coefficient (Wildman–Crippen LogP) is -0.360. The van der Waals surface area contributed by atoms with Crippen LogP contribution in [0.2, 0.25) is 0 Å². The minimum absolute atomic E-state index is 0.151. The predicted molar refractivity (Wildman–Crippen MR) is 92.7 cm³/mol. The quantitative estimate of drug-likeness (QED) is 0.701. The van der Waals surface area contributed by atoms with Crippen LogP contribution < -0.4 is 5.73 Å². The number of hydrogen-bond donors (Lipinski definition) is 1. The van der Waals surface area contributed by atoms with Gasteiger partial charge in [-0.1, -0.05) is 0 Å². The van der Waals surface area contributed by atoms with Crippen molar-refractivity contribution in [3.05, 3.63) is 6.42 Å². The average Bonchev–Trinajstić information content (AvgIpc) is 2.74. The van der Waals surface area contributed by atoms with Gasteiger partial charge in [0.05, 0.1) is 5.75 Å². The van der Waals surface area contributed by atoms with Crippen molar-refractivity contribution in [2.24, 2.45) is 5.73 Å². The molecule has 0 spiro atoms. The largest absolute Gasteiger partial charge is 0.368 e. The Bertz CT molecular complexity index is 570. The number of carbonyl (C=O) groups is 1. The van der Waals surface area contributed by atoms with E-state index >= 15 is 0 Å². The van der Waals surface area contributed by atoms with Gasteiger partial charge in [0.2, 0.25) is 15.9 Å². The Morgan fingerprint density at radius 1 is 1.29 bits per heavy atom. The Kier molecular flexibility index (Phi) is 5.20. The molecule has 0 aliphatic carbocycles. The Labute approximate surface area is 145 Å². The van der Waals surface area contributed by atoms with E-state index < -0.39 is 15.6 Å². The van der Waals surface area contributed by atoms with E-state index in [0.29, 0.717) is 38.5 Å². The van der Waals surface area contributed by atoms with E-state index in [1.54, 1.807) is 4.31 Å².